The van der Waals surface area contributed by atoms with Crippen LogP contribution in [0.1, 0.15) is 37.7 Å². The summed E-state index contributed by atoms with van der Waals surface area (Å²) < 4.78 is 0. The zero-order chi connectivity index (χ0) is 11.3. The number of rotatable bonds is 5. The van der Waals surface area contributed by atoms with E-state index in [4.69, 9.17) is 0 Å². The molecule has 90 valence electrons. The Bertz CT molecular complexity index is 289. The van der Waals surface area contributed by atoms with Crippen molar-refractivity contribution >= 4 is 0 Å². The summed E-state index contributed by atoms with van der Waals surface area (Å²) in [6, 6.07) is 2.08. The third-order valence-corrected chi connectivity index (χ3v) is 3.74. The highest BCUT2D eigenvalue weighted by Gasteiger charge is 2.30. The summed E-state index contributed by atoms with van der Waals surface area (Å²) in [6.45, 7) is 2.16. The molecule has 3 heteroatoms. The minimum absolute atomic E-state index is 0.147. The Morgan fingerprint density at radius 2 is 2.12 bits per heavy atom. The zero-order valence-electron chi connectivity index (χ0n) is 9.84. The number of hydrogen-bond acceptors (Lipinski definition) is 2. The molecule has 1 heterocycles. The maximum Gasteiger partial charge on any atom is 0.0499 e. The largest absolute Gasteiger partial charge is 0.396 e. The monoisotopic (exact) mass is 222 g/mol. The molecule has 1 aromatic rings. The van der Waals surface area contributed by atoms with Crippen LogP contribution in [-0.2, 0) is 6.54 Å². The van der Waals surface area contributed by atoms with Gasteiger partial charge in [0, 0.05) is 37.5 Å². The van der Waals surface area contributed by atoms with Gasteiger partial charge in [-0.2, -0.15) is 0 Å². The SMILES string of the molecule is OCC1(CNCc2cc[nH]c2)CCCCC1. The van der Waals surface area contributed by atoms with Crippen molar-refractivity contribution in [3.8, 4) is 0 Å². The Labute approximate surface area is 97.3 Å². The summed E-state index contributed by atoms with van der Waals surface area (Å²) in [4.78, 5) is 3.05. The lowest BCUT2D eigenvalue weighted by Crippen LogP contribution is -2.38. The predicted octanol–water partition coefficient (Wildman–Crippen LogP) is 2.05. The molecule has 0 spiro atoms. The van der Waals surface area contributed by atoms with Crippen LogP contribution in [-0.4, -0.2) is 23.2 Å². The van der Waals surface area contributed by atoms with E-state index in [-0.39, 0.29) is 5.41 Å². The Hall–Kier alpha value is -0.800. The zero-order valence-corrected chi connectivity index (χ0v) is 9.84. The highest BCUT2D eigenvalue weighted by molar-refractivity contribution is 5.07. The second-order valence-electron chi connectivity index (χ2n) is 5.04. The Kier molecular flexibility index (Phi) is 4.02. The highest BCUT2D eigenvalue weighted by atomic mass is 16.3. The fourth-order valence-corrected chi connectivity index (χ4v) is 2.63. The van der Waals surface area contributed by atoms with Crippen LogP contribution in [0.2, 0.25) is 0 Å². The van der Waals surface area contributed by atoms with Gasteiger partial charge in [0.05, 0.1) is 0 Å². The summed E-state index contributed by atoms with van der Waals surface area (Å²) in [5.41, 5.74) is 1.43. The molecule has 16 heavy (non-hydrogen) atoms. The Morgan fingerprint density at radius 3 is 2.75 bits per heavy atom. The molecule has 0 saturated heterocycles. The van der Waals surface area contributed by atoms with Gasteiger partial charge in [-0.15, -0.1) is 0 Å². The predicted molar refractivity (Wildman–Crippen MR) is 65.1 cm³/mol. The van der Waals surface area contributed by atoms with Crippen LogP contribution in [0, 0.1) is 5.41 Å². The molecule has 1 saturated carbocycles. The van der Waals surface area contributed by atoms with Gasteiger partial charge in [0.2, 0.25) is 0 Å². The summed E-state index contributed by atoms with van der Waals surface area (Å²) in [6.07, 6.45) is 10.2. The molecular formula is C13H22N2O. The van der Waals surface area contributed by atoms with E-state index in [1.165, 1.54) is 37.7 Å². The second kappa shape index (κ2) is 5.51. The molecule has 2 rings (SSSR count). The number of H-pyrrole nitrogens is 1. The maximum atomic E-state index is 9.55. The van der Waals surface area contributed by atoms with Crippen molar-refractivity contribution in [2.75, 3.05) is 13.2 Å². The lowest BCUT2D eigenvalue weighted by molar-refractivity contribution is 0.0810. The lowest BCUT2D eigenvalue weighted by atomic mass is 9.74. The van der Waals surface area contributed by atoms with Crippen molar-refractivity contribution in [2.45, 2.75) is 38.6 Å². The van der Waals surface area contributed by atoms with Crippen molar-refractivity contribution in [3.63, 3.8) is 0 Å². The van der Waals surface area contributed by atoms with Crippen LogP contribution in [0.25, 0.3) is 0 Å². The van der Waals surface area contributed by atoms with Crippen molar-refractivity contribution < 1.29 is 5.11 Å². The summed E-state index contributed by atoms with van der Waals surface area (Å²) in [5, 5.41) is 13.0. The van der Waals surface area contributed by atoms with Gasteiger partial charge in [-0.25, -0.2) is 0 Å². The van der Waals surface area contributed by atoms with E-state index < -0.39 is 0 Å². The standard InChI is InChI=1S/C13H22N2O/c16-11-13(5-2-1-3-6-13)10-15-9-12-4-7-14-8-12/h4,7-8,14-16H,1-3,5-6,9-11H2. The van der Waals surface area contributed by atoms with Gasteiger partial charge in [0.25, 0.3) is 0 Å². The van der Waals surface area contributed by atoms with E-state index in [9.17, 15) is 5.11 Å². The van der Waals surface area contributed by atoms with E-state index in [0.717, 1.165) is 13.1 Å². The first-order valence-corrected chi connectivity index (χ1v) is 6.28. The quantitative estimate of drug-likeness (QED) is 0.714. The fraction of sp³-hybridized carbons (Fsp3) is 0.692. The summed E-state index contributed by atoms with van der Waals surface area (Å²) in [5.74, 6) is 0. The van der Waals surface area contributed by atoms with E-state index >= 15 is 0 Å². The molecule has 0 amide bonds. The van der Waals surface area contributed by atoms with Gasteiger partial charge in [-0.05, 0) is 24.5 Å². The summed E-state index contributed by atoms with van der Waals surface area (Å²) >= 11 is 0. The van der Waals surface area contributed by atoms with Gasteiger partial charge >= 0.3 is 0 Å². The average Bonchev–Trinajstić information content (AvgIpc) is 2.83. The first-order chi connectivity index (χ1) is 7.85. The van der Waals surface area contributed by atoms with Gasteiger partial charge < -0.3 is 15.4 Å². The minimum atomic E-state index is 0.147. The summed E-state index contributed by atoms with van der Waals surface area (Å²) in [7, 11) is 0. The van der Waals surface area contributed by atoms with E-state index in [2.05, 4.69) is 16.4 Å². The van der Waals surface area contributed by atoms with Crippen LogP contribution >= 0.6 is 0 Å². The molecule has 0 aromatic carbocycles. The number of aromatic nitrogens is 1. The number of hydrogen-bond donors (Lipinski definition) is 3. The molecule has 3 nitrogen and oxygen atoms in total. The van der Waals surface area contributed by atoms with Crippen LogP contribution < -0.4 is 5.32 Å². The molecule has 0 radical (unpaired) electrons. The van der Waals surface area contributed by atoms with Gasteiger partial charge in [-0.3, -0.25) is 0 Å². The normalized spacial score (nSPS) is 19.8. The molecule has 0 bridgehead atoms. The van der Waals surface area contributed by atoms with Crippen molar-refractivity contribution in [1.29, 1.82) is 0 Å². The number of aromatic amines is 1. The fourth-order valence-electron chi connectivity index (χ4n) is 2.63. The van der Waals surface area contributed by atoms with Gasteiger partial charge in [0.1, 0.15) is 0 Å². The van der Waals surface area contributed by atoms with Crippen LogP contribution in [0.5, 0.6) is 0 Å². The third-order valence-electron chi connectivity index (χ3n) is 3.74. The molecule has 1 fully saturated rings. The molecule has 1 aliphatic carbocycles. The van der Waals surface area contributed by atoms with Gasteiger partial charge in [-0.1, -0.05) is 19.3 Å². The van der Waals surface area contributed by atoms with Crippen molar-refractivity contribution in [3.05, 3.63) is 24.0 Å². The molecular weight excluding hydrogens is 200 g/mol. The molecule has 1 aliphatic rings. The molecule has 0 atom stereocenters. The first-order valence-electron chi connectivity index (χ1n) is 6.28. The maximum absolute atomic E-state index is 9.55. The average molecular weight is 222 g/mol. The Balaban J connectivity index is 1.78. The molecule has 1 aromatic heterocycles. The molecule has 0 aliphatic heterocycles. The van der Waals surface area contributed by atoms with E-state index in [1.54, 1.807) is 0 Å². The number of aliphatic hydroxyl groups is 1. The van der Waals surface area contributed by atoms with Crippen LogP contribution in [0.4, 0.5) is 0 Å². The smallest absolute Gasteiger partial charge is 0.0499 e. The third kappa shape index (κ3) is 2.86. The van der Waals surface area contributed by atoms with Crippen molar-refractivity contribution in [1.82, 2.24) is 10.3 Å². The first kappa shape index (κ1) is 11.7. The second-order valence-corrected chi connectivity index (χ2v) is 5.04. The van der Waals surface area contributed by atoms with Gasteiger partial charge in [0.15, 0.2) is 0 Å². The van der Waals surface area contributed by atoms with E-state index in [1.807, 2.05) is 12.4 Å². The minimum Gasteiger partial charge on any atom is -0.396 e. The number of aliphatic hydroxyl groups excluding tert-OH is 1. The molecule has 0 unspecified atom stereocenters. The number of nitrogens with one attached hydrogen (secondary N) is 2. The topological polar surface area (TPSA) is 48.0 Å². The molecule has 3 N–H and O–H groups in total. The van der Waals surface area contributed by atoms with E-state index in [0.29, 0.717) is 6.61 Å². The highest BCUT2D eigenvalue weighted by Crippen LogP contribution is 2.35. The lowest BCUT2D eigenvalue weighted by Gasteiger charge is -2.35. The van der Waals surface area contributed by atoms with Crippen molar-refractivity contribution in [2.24, 2.45) is 5.41 Å². The van der Waals surface area contributed by atoms with Crippen LogP contribution in [0.3, 0.4) is 0 Å². The Morgan fingerprint density at radius 1 is 1.31 bits per heavy atom. The van der Waals surface area contributed by atoms with Crippen LogP contribution in [0.15, 0.2) is 18.5 Å².